The minimum Gasteiger partial charge on any atom is -0.314 e. The highest BCUT2D eigenvalue weighted by Crippen LogP contribution is 2.58. The van der Waals surface area contributed by atoms with Crippen LogP contribution in [0.4, 0.5) is 0 Å². The first-order valence-corrected chi connectivity index (χ1v) is 11.7. The smallest absolute Gasteiger partial charge is 0.240 e. The van der Waals surface area contributed by atoms with Crippen molar-refractivity contribution in [1.29, 1.82) is 0 Å². The molecular weight excluding hydrogens is 358 g/mol. The Morgan fingerprint density at radius 1 is 1.14 bits per heavy atom. The Kier molecular flexibility index (Phi) is 7.39. The zero-order valence-corrected chi connectivity index (χ0v) is 19.0. The summed E-state index contributed by atoms with van der Waals surface area (Å²) in [5.74, 6) is 1.64. The number of rotatable bonds is 3. The second-order valence-corrected chi connectivity index (χ2v) is 10.1. The second-order valence-electron chi connectivity index (χ2n) is 10.1. The van der Waals surface area contributed by atoms with Gasteiger partial charge in [0.25, 0.3) is 0 Å². The molecule has 2 N–H and O–H groups in total. The van der Waals surface area contributed by atoms with Crippen LogP contribution in [0.1, 0.15) is 71.8 Å². The van der Waals surface area contributed by atoms with E-state index in [-0.39, 0.29) is 16.7 Å². The van der Waals surface area contributed by atoms with E-state index >= 15 is 0 Å². The molecule has 0 aromatic heterocycles. The van der Waals surface area contributed by atoms with Gasteiger partial charge in [-0.25, -0.2) is 5.01 Å². The molecule has 1 heterocycles. The highest BCUT2D eigenvalue weighted by molar-refractivity contribution is 5.82. The Labute approximate surface area is 177 Å². The van der Waals surface area contributed by atoms with Crippen LogP contribution in [-0.2, 0) is 10.2 Å². The van der Waals surface area contributed by atoms with Crippen molar-refractivity contribution in [1.82, 2.24) is 15.8 Å². The molecule has 1 aliphatic heterocycles. The number of carbonyl (C=O) groups is 1. The summed E-state index contributed by atoms with van der Waals surface area (Å²) in [4.78, 5) is 13.3. The third-order valence-electron chi connectivity index (χ3n) is 6.93. The lowest BCUT2D eigenvalue weighted by atomic mass is 9.50. The van der Waals surface area contributed by atoms with Gasteiger partial charge in [-0.1, -0.05) is 64.4 Å². The standard InChI is InChI=1S/C22H33N3O.C3H8/c1-17-12-18-14-21(2,20(26)24-25-10-8-23-9-11-25)16-22(13-17,15-18)19-6-4-3-5-7-19;1-3-2/h3-7,17-18,23H,8-16H2,1-2H3,(H,24,26);3H2,1-2H3. The van der Waals surface area contributed by atoms with Crippen molar-refractivity contribution in [3.63, 3.8) is 0 Å². The monoisotopic (exact) mass is 399 g/mol. The number of nitrogens with one attached hydrogen (secondary N) is 2. The Balaban J connectivity index is 0.000000755. The largest absolute Gasteiger partial charge is 0.314 e. The lowest BCUT2D eigenvalue weighted by molar-refractivity contribution is -0.142. The number of hydrazine groups is 1. The van der Waals surface area contributed by atoms with Crippen LogP contribution in [0.3, 0.4) is 0 Å². The van der Waals surface area contributed by atoms with Gasteiger partial charge in [0.05, 0.1) is 0 Å². The van der Waals surface area contributed by atoms with Crippen LogP contribution in [0.25, 0.3) is 0 Å². The highest BCUT2D eigenvalue weighted by Gasteiger charge is 2.53. The van der Waals surface area contributed by atoms with Crippen molar-refractivity contribution < 1.29 is 4.79 Å². The minimum absolute atomic E-state index is 0.164. The first-order chi connectivity index (χ1) is 13.9. The summed E-state index contributed by atoms with van der Waals surface area (Å²) >= 11 is 0. The fourth-order valence-electron chi connectivity index (χ4n) is 6.15. The van der Waals surface area contributed by atoms with Crippen molar-refractivity contribution >= 4 is 5.91 Å². The summed E-state index contributed by atoms with van der Waals surface area (Å²) < 4.78 is 0. The van der Waals surface area contributed by atoms with Crippen molar-refractivity contribution in [2.45, 2.75) is 71.6 Å². The summed E-state index contributed by atoms with van der Waals surface area (Å²) in [5.41, 5.74) is 4.58. The minimum atomic E-state index is -0.274. The molecule has 0 spiro atoms. The van der Waals surface area contributed by atoms with Gasteiger partial charge in [-0.3, -0.25) is 10.2 Å². The lowest BCUT2D eigenvalue weighted by Crippen LogP contribution is -2.58. The molecule has 2 bridgehead atoms. The molecule has 1 saturated heterocycles. The Morgan fingerprint density at radius 3 is 2.45 bits per heavy atom. The molecular formula is C25H41N3O. The number of nitrogens with zero attached hydrogens (tertiary/aromatic N) is 1. The molecule has 4 heteroatoms. The maximum absolute atomic E-state index is 13.3. The Bertz CT molecular complexity index is 653. The summed E-state index contributed by atoms with van der Waals surface area (Å²) in [6, 6.07) is 11.0. The van der Waals surface area contributed by atoms with Crippen LogP contribution >= 0.6 is 0 Å². The third kappa shape index (κ3) is 5.21. The van der Waals surface area contributed by atoms with E-state index in [2.05, 4.69) is 73.8 Å². The predicted molar refractivity (Wildman–Crippen MR) is 121 cm³/mol. The number of amides is 1. The van der Waals surface area contributed by atoms with Crippen LogP contribution in [-0.4, -0.2) is 37.1 Å². The molecule has 3 fully saturated rings. The number of hydrogen-bond acceptors (Lipinski definition) is 3. The lowest BCUT2D eigenvalue weighted by Gasteiger charge is -2.54. The van der Waals surface area contributed by atoms with Crippen molar-refractivity contribution in [3.05, 3.63) is 35.9 Å². The zero-order chi connectivity index (χ0) is 20.9. The maximum atomic E-state index is 13.3. The first-order valence-electron chi connectivity index (χ1n) is 11.7. The molecule has 4 unspecified atom stereocenters. The van der Waals surface area contributed by atoms with E-state index in [1.54, 1.807) is 0 Å². The molecule has 162 valence electrons. The van der Waals surface area contributed by atoms with E-state index in [1.165, 1.54) is 31.2 Å². The van der Waals surface area contributed by atoms with E-state index in [0.29, 0.717) is 5.92 Å². The summed E-state index contributed by atoms with van der Waals surface area (Å²) in [5, 5.41) is 5.45. The molecule has 4 nitrogen and oxygen atoms in total. The van der Waals surface area contributed by atoms with Crippen LogP contribution in [0.5, 0.6) is 0 Å². The van der Waals surface area contributed by atoms with E-state index in [9.17, 15) is 4.79 Å². The van der Waals surface area contributed by atoms with Gasteiger partial charge in [0.1, 0.15) is 0 Å². The van der Waals surface area contributed by atoms with E-state index in [0.717, 1.165) is 44.9 Å². The molecule has 1 amide bonds. The molecule has 1 aromatic rings. The van der Waals surface area contributed by atoms with Crippen molar-refractivity contribution in [2.75, 3.05) is 26.2 Å². The van der Waals surface area contributed by atoms with Gasteiger partial charge < -0.3 is 5.32 Å². The van der Waals surface area contributed by atoms with Gasteiger partial charge in [0.15, 0.2) is 0 Å². The number of fused-ring (bicyclic) bond motifs is 2. The molecule has 4 rings (SSSR count). The summed E-state index contributed by atoms with van der Waals surface area (Å²) in [6.45, 7) is 12.5. The van der Waals surface area contributed by atoms with Gasteiger partial charge in [-0.05, 0) is 54.9 Å². The van der Waals surface area contributed by atoms with Crippen molar-refractivity contribution in [2.24, 2.45) is 17.3 Å². The SMILES string of the molecule is CC1CC2CC(C)(C(=O)NN3CCNCC3)CC(c3ccccc3)(C1)C2.CCC. The van der Waals surface area contributed by atoms with Crippen molar-refractivity contribution in [3.8, 4) is 0 Å². The van der Waals surface area contributed by atoms with Gasteiger partial charge in [0, 0.05) is 31.6 Å². The van der Waals surface area contributed by atoms with Crippen LogP contribution in [0, 0.1) is 17.3 Å². The predicted octanol–water partition coefficient (Wildman–Crippen LogP) is 4.51. The highest BCUT2D eigenvalue weighted by atomic mass is 16.2. The number of hydrogen-bond donors (Lipinski definition) is 2. The third-order valence-corrected chi connectivity index (χ3v) is 6.93. The quantitative estimate of drug-likeness (QED) is 0.786. The molecule has 2 saturated carbocycles. The normalized spacial score (nSPS) is 34.6. The molecule has 1 aromatic carbocycles. The summed E-state index contributed by atoms with van der Waals surface area (Å²) in [7, 11) is 0. The van der Waals surface area contributed by atoms with Crippen LogP contribution in [0.15, 0.2) is 30.3 Å². The Hall–Kier alpha value is -1.39. The summed E-state index contributed by atoms with van der Waals surface area (Å²) in [6.07, 6.45) is 6.99. The number of carbonyl (C=O) groups excluding carboxylic acids is 1. The van der Waals surface area contributed by atoms with E-state index in [1.807, 2.05) is 0 Å². The van der Waals surface area contributed by atoms with Crippen LogP contribution in [0.2, 0.25) is 0 Å². The number of piperazine rings is 1. The number of benzene rings is 1. The van der Waals surface area contributed by atoms with Gasteiger partial charge in [0.2, 0.25) is 5.91 Å². The molecule has 0 radical (unpaired) electrons. The fourth-order valence-corrected chi connectivity index (χ4v) is 6.15. The van der Waals surface area contributed by atoms with Gasteiger partial charge in [-0.2, -0.15) is 0 Å². The average Bonchev–Trinajstić information content (AvgIpc) is 2.69. The first kappa shape index (κ1) is 22.3. The molecule has 3 aliphatic rings. The van der Waals surface area contributed by atoms with Gasteiger partial charge in [-0.15, -0.1) is 0 Å². The maximum Gasteiger partial charge on any atom is 0.240 e. The van der Waals surface area contributed by atoms with E-state index in [4.69, 9.17) is 0 Å². The fraction of sp³-hybridized carbons (Fsp3) is 0.720. The Morgan fingerprint density at radius 2 is 1.79 bits per heavy atom. The van der Waals surface area contributed by atoms with E-state index < -0.39 is 0 Å². The topological polar surface area (TPSA) is 44.4 Å². The average molecular weight is 400 g/mol. The van der Waals surface area contributed by atoms with Crippen LogP contribution < -0.4 is 10.7 Å². The second kappa shape index (κ2) is 9.61. The molecule has 4 atom stereocenters. The molecule has 29 heavy (non-hydrogen) atoms. The van der Waals surface area contributed by atoms with Gasteiger partial charge >= 0.3 is 0 Å². The zero-order valence-electron chi connectivity index (χ0n) is 19.0. The molecule has 2 aliphatic carbocycles.